The Labute approximate surface area is 137 Å². The second kappa shape index (κ2) is 5.19. The second-order valence-electron chi connectivity index (χ2n) is 5.77. The first-order valence-corrected chi connectivity index (χ1v) is 7.53. The van der Waals surface area contributed by atoms with E-state index in [-0.39, 0.29) is 0 Å². The van der Waals surface area contributed by atoms with Gasteiger partial charge in [0.1, 0.15) is 0 Å². The molecule has 0 aliphatic carbocycles. The van der Waals surface area contributed by atoms with Crippen molar-refractivity contribution in [1.29, 1.82) is 0 Å². The van der Waals surface area contributed by atoms with Crippen LogP contribution in [0.4, 0.5) is 4.39 Å². The Kier molecular flexibility index (Phi) is 3.13. The molecule has 0 unspecified atom stereocenters. The summed E-state index contributed by atoms with van der Waals surface area (Å²) in [6, 6.07) is 10.2. The minimum atomic E-state index is -0.650. The summed E-state index contributed by atoms with van der Waals surface area (Å²) in [6.45, 7) is 3.96. The van der Waals surface area contributed by atoms with Crippen molar-refractivity contribution in [3.63, 3.8) is 0 Å². The molecule has 2 N–H and O–H groups in total. The minimum absolute atomic E-state index is 0.391. The van der Waals surface area contributed by atoms with Crippen molar-refractivity contribution in [2.45, 2.75) is 13.8 Å². The van der Waals surface area contributed by atoms with Crippen molar-refractivity contribution >= 4 is 10.9 Å². The van der Waals surface area contributed by atoms with Crippen LogP contribution in [0.1, 0.15) is 11.4 Å². The van der Waals surface area contributed by atoms with Gasteiger partial charge in [0.2, 0.25) is 0 Å². The van der Waals surface area contributed by atoms with Crippen LogP contribution in [0.25, 0.3) is 27.7 Å². The summed E-state index contributed by atoms with van der Waals surface area (Å²) in [7, 11) is 0. The zero-order valence-corrected chi connectivity index (χ0v) is 13.2. The van der Waals surface area contributed by atoms with Crippen molar-refractivity contribution in [3.05, 3.63) is 59.8 Å². The third-order valence-corrected chi connectivity index (χ3v) is 4.16. The first kappa shape index (κ1) is 14.4. The molecule has 2 aromatic heterocycles. The number of rotatable bonds is 2. The Bertz CT molecular complexity index is 1040. The molecule has 0 aliphatic rings. The minimum Gasteiger partial charge on any atom is -0.505 e. The Morgan fingerprint density at radius 2 is 1.96 bits per heavy atom. The number of aryl methyl sites for hydroxylation is 2. The molecular weight excluding hydrogens is 307 g/mol. The van der Waals surface area contributed by atoms with Gasteiger partial charge in [-0.2, -0.15) is 10.2 Å². The predicted molar refractivity (Wildman–Crippen MR) is 89.7 cm³/mol. The zero-order valence-electron chi connectivity index (χ0n) is 13.2. The lowest BCUT2D eigenvalue weighted by molar-refractivity contribution is 0.432. The summed E-state index contributed by atoms with van der Waals surface area (Å²) < 4.78 is 14.9. The normalized spacial score (nSPS) is 11.3. The smallest absolute Gasteiger partial charge is 0.164 e. The van der Waals surface area contributed by atoms with Crippen LogP contribution < -0.4 is 0 Å². The van der Waals surface area contributed by atoms with Gasteiger partial charge in [0.15, 0.2) is 11.6 Å². The molecule has 5 nitrogen and oxygen atoms in total. The number of halogens is 1. The summed E-state index contributed by atoms with van der Waals surface area (Å²) in [4.78, 5) is 0. The lowest BCUT2D eigenvalue weighted by Gasteiger charge is -2.06. The monoisotopic (exact) mass is 322 g/mol. The van der Waals surface area contributed by atoms with Crippen LogP contribution in [0.3, 0.4) is 0 Å². The van der Waals surface area contributed by atoms with Crippen molar-refractivity contribution in [3.8, 4) is 22.6 Å². The van der Waals surface area contributed by atoms with Crippen LogP contribution >= 0.6 is 0 Å². The van der Waals surface area contributed by atoms with Crippen LogP contribution in [0.15, 0.2) is 42.6 Å². The van der Waals surface area contributed by atoms with Gasteiger partial charge in [0.05, 0.1) is 23.1 Å². The van der Waals surface area contributed by atoms with Gasteiger partial charge in [-0.05, 0) is 43.7 Å². The third-order valence-electron chi connectivity index (χ3n) is 4.16. The molecule has 4 aromatic rings. The lowest BCUT2D eigenvalue weighted by Crippen LogP contribution is -1.96. The van der Waals surface area contributed by atoms with Crippen molar-refractivity contribution in [2.24, 2.45) is 0 Å². The molecule has 120 valence electrons. The predicted octanol–water partition coefficient (Wildman–Crippen LogP) is 3.88. The fraction of sp³-hybridized carbons (Fsp3) is 0.111. The van der Waals surface area contributed by atoms with E-state index < -0.39 is 11.6 Å². The number of nitrogens with zero attached hydrogens (tertiary/aromatic N) is 3. The van der Waals surface area contributed by atoms with E-state index in [4.69, 9.17) is 0 Å². The average molecular weight is 322 g/mol. The number of hydrogen-bond donors (Lipinski definition) is 2. The van der Waals surface area contributed by atoms with E-state index in [0.29, 0.717) is 5.69 Å². The Balaban J connectivity index is 1.85. The SMILES string of the molecule is Cc1n[nH]c(C)c1-c1ccc2c(cnn2-c2ccc(F)c(O)c2)c1. The zero-order chi connectivity index (χ0) is 16.8. The van der Waals surface area contributed by atoms with Crippen LogP contribution in [-0.4, -0.2) is 25.1 Å². The number of hydrogen-bond acceptors (Lipinski definition) is 3. The molecule has 6 heteroatoms. The van der Waals surface area contributed by atoms with Crippen molar-refractivity contribution in [1.82, 2.24) is 20.0 Å². The van der Waals surface area contributed by atoms with Gasteiger partial charge in [0, 0.05) is 22.7 Å². The Hall–Kier alpha value is -3.15. The highest BCUT2D eigenvalue weighted by Gasteiger charge is 2.12. The quantitative estimate of drug-likeness (QED) is 0.588. The van der Waals surface area contributed by atoms with E-state index in [9.17, 15) is 9.50 Å². The van der Waals surface area contributed by atoms with Gasteiger partial charge in [-0.15, -0.1) is 0 Å². The van der Waals surface area contributed by atoms with Gasteiger partial charge in [-0.25, -0.2) is 9.07 Å². The van der Waals surface area contributed by atoms with Crippen LogP contribution in [0, 0.1) is 19.7 Å². The molecule has 4 rings (SSSR count). The maximum atomic E-state index is 13.3. The number of phenolic OH excluding ortho intramolecular Hbond substituents is 1. The molecule has 0 saturated heterocycles. The van der Waals surface area contributed by atoms with Gasteiger partial charge in [-0.3, -0.25) is 5.10 Å². The van der Waals surface area contributed by atoms with E-state index >= 15 is 0 Å². The fourth-order valence-corrected chi connectivity index (χ4v) is 3.00. The molecule has 2 heterocycles. The molecule has 0 atom stereocenters. The number of nitrogens with one attached hydrogen (secondary N) is 1. The summed E-state index contributed by atoms with van der Waals surface area (Å²) in [5.74, 6) is -1.04. The number of aromatic hydroxyl groups is 1. The molecule has 2 aromatic carbocycles. The highest BCUT2D eigenvalue weighted by atomic mass is 19.1. The number of phenols is 1. The van der Waals surface area contributed by atoms with Crippen LogP contribution in [-0.2, 0) is 0 Å². The first-order chi connectivity index (χ1) is 11.5. The van der Waals surface area contributed by atoms with E-state index in [1.807, 2.05) is 32.0 Å². The molecule has 0 radical (unpaired) electrons. The second-order valence-corrected chi connectivity index (χ2v) is 5.77. The third kappa shape index (κ3) is 2.15. The fourth-order valence-electron chi connectivity index (χ4n) is 3.00. The average Bonchev–Trinajstić information content (AvgIpc) is 3.13. The molecule has 0 amide bonds. The van der Waals surface area contributed by atoms with Crippen LogP contribution in [0.2, 0.25) is 0 Å². The number of aromatic nitrogens is 4. The highest BCUT2D eigenvalue weighted by Crippen LogP contribution is 2.30. The van der Waals surface area contributed by atoms with E-state index in [1.165, 1.54) is 12.1 Å². The van der Waals surface area contributed by atoms with Gasteiger partial charge >= 0.3 is 0 Å². The summed E-state index contributed by atoms with van der Waals surface area (Å²) in [5, 5.41) is 22.1. The van der Waals surface area contributed by atoms with Gasteiger partial charge in [-0.1, -0.05) is 6.07 Å². The highest BCUT2D eigenvalue weighted by molar-refractivity contribution is 5.86. The van der Waals surface area contributed by atoms with E-state index in [1.54, 1.807) is 16.9 Å². The van der Waals surface area contributed by atoms with Crippen LogP contribution in [0.5, 0.6) is 5.75 Å². The number of benzene rings is 2. The van der Waals surface area contributed by atoms with Crippen molar-refractivity contribution < 1.29 is 9.50 Å². The number of H-pyrrole nitrogens is 1. The molecular formula is C18H15FN4O. The summed E-state index contributed by atoms with van der Waals surface area (Å²) in [6.07, 6.45) is 1.75. The topological polar surface area (TPSA) is 66.7 Å². The van der Waals surface area contributed by atoms with Gasteiger partial charge in [0.25, 0.3) is 0 Å². The molecule has 0 spiro atoms. The first-order valence-electron chi connectivity index (χ1n) is 7.53. The van der Waals surface area contributed by atoms with E-state index in [2.05, 4.69) is 15.3 Å². The lowest BCUT2D eigenvalue weighted by atomic mass is 10.0. The number of aromatic amines is 1. The largest absolute Gasteiger partial charge is 0.505 e. The maximum Gasteiger partial charge on any atom is 0.164 e. The molecule has 24 heavy (non-hydrogen) atoms. The Morgan fingerprint density at radius 1 is 1.12 bits per heavy atom. The van der Waals surface area contributed by atoms with E-state index in [0.717, 1.165) is 33.4 Å². The molecule has 0 aliphatic heterocycles. The number of fused-ring (bicyclic) bond motifs is 1. The van der Waals surface area contributed by atoms with Gasteiger partial charge < -0.3 is 5.11 Å². The molecule has 0 saturated carbocycles. The molecule has 0 bridgehead atoms. The molecule has 0 fully saturated rings. The summed E-state index contributed by atoms with van der Waals surface area (Å²) >= 11 is 0. The summed E-state index contributed by atoms with van der Waals surface area (Å²) in [5.41, 5.74) is 5.60. The van der Waals surface area contributed by atoms with Crippen molar-refractivity contribution in [2.75, 3.05) is 0 Å². The standard InChI is InChI=1S/C18H15FN4O/c1-10-18(11(2)22-21-10)12-3-6-16-13(7-12)9-20-23(16)14-4-5-15(19)17(24)8-14/h3-9,24H,1-2H3,(H,21,22). The maximum absolute atomic E-state index is 13.3. The Morgan fingerprint density at radius 3 is 2.67 bits per heavy atom.